The van der Waals surface area contributed by atoms with Crippen LogP contribution < -0.4 is 16.8 Å². The van der Waals surface area contributed by atoms with Crippen LogP contribution in [0.5, 0.6) is 0 Å². The van der Waals surface area contributed by atoms with Crippen LogP contribution >= 0.6 is 0 Å². The Morgan fingerprint density at radius 2 is 1.57 bits per heavy atom. The van der Waals surface area contributed by atoms with E-state index in [0.29, 0.717) is 19.4 Å². The number of nitrogens with one attached hydrogen (secondary N) is 1. The van der Waals surface area contributed by atoms with Gasteiger partial charge < -0.3 is 16.8 Å². The van der Waals surface area contributed by atoms with Crippen LogP contribution in [0.3, 0.4) is 0 Å². The van der Waals surface area contributed by atoms with Crippen LogP contribution in [0.2, 0.25) is 0 Å². The van der Waals surface area contributed by atoms with Crippen LogP contribution in [-0.2, 0) is 9.59 Å². The van der Waals surface area contributed by atoms with E-state index in [0.717, 1.165) is 25.7 Å². The molecule has 21 heavy (non-hydrogen) atoms. The largest absolute Gasteiger partial charge is 0.368 e. The summed E-state index contributed by atoms with van der Waals surface area (Å²) in [5.74, 6) is -0.528. The molecule has 0 rings (SSSR count). The van der Waals surface area contributed by atoms with Crippen LogP contribution in [0.1, 0.15) is 77.6 Å². The summed E-state index contributed by atoms with van der Waals surface area (Å²) in [7, 11) is 0. The Balaban J connectivity index is 3.70. The second-order valence-corrected chi connectivity index (χ2v) is 5.68. The Kier molecular flexibility index (Phi) is 13.1. The number of unbranched alkanes of at least 4 members (excludes halogenated alkanes) is 7. The number of rotatable bonds is 14. The lowest BCUT2D eigenvalue weighted by Gasteiger charge is -2.15. The Morgan fingerprint density at radius 3 is 2.14 bits per heavy atom. The first-order valence-corrected chi connectivity index (χ1v) is 8.40. The van der Waals surface area contributed by atoms with Crippen LogP contribution in [-0.4, -0.2) is 24.4 Å². The third-order valence-electron chi connectivity index (χ3n) is 3.63. The molecule has 0 radical (unpaired) electrons. The molecule has 0 unspecified atom stereocenters. The third kappa shape index (κ3) is 12.4. The number of amides is 2. The lowest BCUT2D eigenvalue weighted by molar-refractivity contribution is -0.127. The molecule has 5 N–H and O–H groups in total. The zero-order valence-corrected chi connectivity index (χ0v) is 13.5. The molecule has 0 aliphatic rings. The smallest absolute Gasteiger partial charge is 0.239 e. The monoisotopic (exact) mass is 299 g/mol. The number of hydrogen-bond acceptors (Lipinski definition) is 3. The van der Waals surface area contributed by atoms with E-state index >= 15 is 0 Å². The van der Waals surface area contributed by atoms with E-state index in [1.54, 1.807) is 0 Å². The fraction of sp³-hybridized carbons (Fsp3) is 0.875. The van der Waals surface area contributed by atoms with E-state index in [9.17, 15) is 9.59 Å². The van der Waals surface area contributed by atoms with Gasteiger partial charge in [0.2, 0.25) is 11.8 Å². The highest BCUT2D eigenvalue weighted by Crippen LogP contribution is 2.08. The summed E-state index contributed by atoms with van der Waals surface area (Å²) in [6.45, 7) is 2.80. The number of carbonyl (C=O) groups excluding carboxylic acids is 2. The second-order valence-electron chi connectivity index (χ2n) is 5.68. The standard InChI is InChI=1S/C16H33N3O2/c1-2-3-4-5-6-7-8-12-15(20)19-14(16(18)21)11-9-10-13-17/h14H,2-13,17H2,1H3,(H2,18,21)(H,19,20)/t14-/m0/s1. The van der Waals surface area contributed by atoms with E-state index < -0.39 is 11.9 Å². The maximum absolute atomic E-state index is 11.8. The maximum Gasteiger partial charge on any atom is 0.239 e. The fourth-order valence-electron chi connectivity index (χ4n) is 2.29. The average molecular weight is 299 g/mol. The first-order chi connectivity index (χ1) is 10.1. The van der Waals surface area contributed by atoms with E-state index in [1.165, 1.54) is 32.1 Å². The van der Waals surface area contributed by atoms with Crippen molar-refractivity contribution in [3.05, 3.63) is 0 Å². The van der Waals surface area contributed by atoms with Crippen molar-refractivity contribution in [2.75, 3.05) is 6.54 Å². The second kappa shape index (κ2) is 13.9. The Hall–Kier alpha value is -1.10. The molecule has 0 aromatic rings. The van der Waals surface area contributed by atoms with Crippen molar-refractivity contribution in [2.24, 2.45) is 11.5 Å². The van der Waals surface area contributed by atoms with Gasteiger partial charge in [-0.2, -0.15) is 0 Å². The molecule has 0 spiro atoms. The number of carbonyl (C=O) groups is 2. The van der Waals surface area contributed by atoms with Crippen molar-refractivity contribution in [1.82, 2.24) is 5.32 Å². The molecule has 0 fully saturated rings. The lowest BCUT2D eigenvalue weighted by Crippen LogP contribution is -2.44. The molecule has 0 aromatic carbocycles. The molecule has 0 heterocycles. The zero-order valence-electron chi connectivity index (χ0n) is 13.5. The van der Waals surface area contributed by atoms with Crippen LogP contribution in [0, 0.1) is 0 Å². The minimum atomic E-state index is -0.548. The molecule has 5 heteroatoms. The molecule has 0 aromatic heterocycles. The highest BCUT2D eigenvalue weighted by Gasteiger charge is 2.16. The Morgan fingerprint density at radius 1 is 0.952 bits per heavy atom. The Bertz CT molecular complexity index is 283. The molecule has 0 aliphatic carbocycles. The van der Waals surface area contributed by atoms with Crippen molar-refractivity contribution in [2.45, 2.75) is 83.6 Å². The molecule has 124 valence electrons. The number of hydrogen-bond donors (Lipinski definition) is 3. The van der Waals surface area contributed by atoms with Gasteiger partial charge in [0.15, 0.2) is 0 Å². The predicted octanol–water partition coefficient (Wildman–Crippen LogP) is 2.23. The summed E-state index contributed by atoms with van der Waals surface area (Å²) >= 11 is 0. The first-order valence-electron chi connectivity index (χ1n) is 8.40. The predicted molar refractivity (Wildman–Crippen MR) is 86.6 cm³/mol. The van der Waals surface area contributed by atoms with Crippen molar-refractivity contribution in [1.29, 1.82) is 0 Å². The minimum Gasteiger partial charge on any atom is -0.368 e. The minimum absolute atomic E-state index is 0.0693. The molecule has 1 atom stereocenters. The molecule has 2 amide bonds. The average Bonchev–Trinajstić information content (AvgIpc) is 2.45. The fourth-order valence-corrected chi connectivity index (χ4v) is 2.29. The van der Waals surface area contributed by atoms with Gasteiger partial charge >= 0.3 is 0 Å². The summed E-state index contributed by atoms with van der Waals surface area (Å²) in [4.78, 5) is 23.1. The highest BCUT2D eigenvalue weighted by atomic mass is 16.2. The van der Waals surface area contributed by atoms with Crippen LogP contribution in [0.25, 0.3) is 0 Å². The van der Waals surface area contributed by atoms with Gasteiger partial charge in [-0.15, -0.1) is 0 Å². The summed E-state index contributed by atoms with van der Waals surface area (Å²) in [5, 5.41) is 2.73. The summed E-state index contributed by atoms with van der Waals surface area (Å²) in [6, 6.07) is -0.548. The van der Waals surface area contributed by atoms with Gasteiger partial charge in [0.05, 0.1) is 0 Å². The number of primary amides is 1. The molecule has 0 saturated carbocycles. The van der Waals surface area contributed by atoms with Crippen molar-refractivity contribution in [3.63, 3.8) is 0 Å². The van der Waals surface area contributed by atoms with E-state index in [2.05, 4.69) is 12.2 Å². The molecule has 0 aliphatic heterocycles. The van der Waals surface area contributed by atoms with Crippen molar-refractivity contribution in [3.8, 4) is 0 Å². The lowest BCUT2D eigenvalue weighted by atomic mass is 10.1. The molecule has 5 nitrogen and oxygen atoms in total. The number of nitrogens with two attached hydrogens (primary N) is 2. The van der Waals surface area contributed by atoms with Gasteiger partial charge in [-0.3, -0.25) is 9.59 Å². The summed E-state index contributed by atoms with van der Waals surface area (Å²) in [6.07, 6.45) is 10.9. The molecular formula is C16H33N3O2. The summed E-state index contributed by atoms with van der Waals surface area (Å²) < 4.78 is 0. The van der Waals surface area contributed by atoms with Gasteiger partial charge in [-0.1, -0.05) is 45.4 Å². The van der Waals surface area contributed by atoms with Gasteiger partial charge in [0, 0.05) is 6.42 Å². The van der Waals surface area contributed by atoms with E-state index in [1.807, 2.05) is 0 Å². The quantitative estimate of drug-likeness (QED) is 0.429. The van der Waals surface area contributed by atoms with E-state index in [-0.39, 0.29) is 5.91 Å². The summed E-state index contributed by atoms with van der Waals surface area (Å²) in [5.41, 5.74) is 10.7. The van der Waals surface area contributed by atoms with Gasteiger partial charge in [-0.25, -0.2) is 0 Å². The highest BCUT2D eigenvalue weighted by molar-refractivity contribution is 5.86. The first kappa shape index (κ1) is 19.9. The molecule has 0 bridgehead atoms. The van der Waals surface area contributed by atoms with Crippen LogP contribution in [0.4, 0.5) is 0 Å². The van der Waals surface area contributed by atoms with Crippen molar-refractivity contribution < 1.29 is 9.59 Å². The normalized spacial score (nSPS) is 12.1. The van der Waals surface area contributed by atoms with E-state index in [4.69, 9.17) is 11.5 Å². The molecule has 0 saturated heterocycles. The maximum atomic E-state index is 11.8. The third-order valence-corrected chi connectivity index (χ3v) is 3.63. The zero-order chi connectivity index (χ0) is 15.9. The van der Waals surface area contributed by atoms with Gasteiger partial charge in [0.1, 0.15) is 6.04 Å². The Labute approximate surface area is 129 Å². The van der Waals surface area contributed by atoms with Gasteiger partial charge in [0.25, 0.3) is 0 Å². The van der Waals surface area contributed by atoms with Crippen LogP contribution in [0.15, 0.2) is 0 Å². The topological polar surface area (TPSA) is 98.2 Å². The van der Waals surface area contributed by atoms with Crippen molar-refractivity contribution >= 4 is 11.8 Å². The van der Waals surface area contributed by atoms with Gasteiger partial charge in [-0.05, 0) is 32.2 Å². The SMILES string of the molecule is CCCCCCCCCC(=O)N[C@@H](CCCCN)C(N)=O. The molecular weight excluding hydrogens is 266 g/mol.